The molecule has 2 aromatic heterocycles. The van der Waals surface area contributed by atoms with E-state index >= 15 is 0 Å². The molecule has 2 heterocycles. The SMILES string of the molecule is COc1c(-c2cn(CCCN)nn2)c(C)nn1C. The molecule has 0 aliphatic rings. The van der Waals surface area contributed by atoms with Crippen LogP contribution in [-0.2, 0) is 13.6 Å². The standard InChI is InChI=1S/C11H18N6O/c1-8-10(11(18-3)16(2)14-8)9-7-17(15-13-9)6-4-5-12/h7H,4-6,12H2,1-3H3. The predicted octanol–water partition coefficient (Wildman–Crippen LogP) is 0.344. The first-order valence-electron chi connectivity index (χ1n) is 5.85. The summed E-state index contributed by atoms with van der Waals surface area (Å²) in [5.41, 5.74) is 8.01. The van der Waals surface area contributed by atoms with Gasteiger partial charge in [0.1, 0.15) is 5.69 Å². The summed E-state index contributed by atoms with van der Waals surface area (Å²) in [6.45, 7) is 3.34. The number of rotatable bonds is 5. The Morgan fingerprint density at radius 1 is 1.44 bits per heavy atom. The smallest absolute Gasteiger partial charge is 0.221 e. The van der Waals surface area contributed by atoms with Gasteiger partial charge in [0.15, 0.2) is 0 Å². The van der Waals surface area contributed by atoms with E-state index in [4.69, 9.17) is 10.5 Å². The fourth-order valence-corrected chi connectivity index (χ4v) is 1.94. The highest BCUT2D eigenvalue weighted by Crippen LogP contribution is 2.30. The Morgan fingerprint density at radius 3 is 2.89 bits per heavy atom. The normalized spacial score (nSPS) is 10.9. The van der Waals surface area contributed by atoms with Gasteiger partial charge in [0, 0.05) is 13.6 Å². The summed E-state index contributed by atoms with van der Waals surface area (Å²) < 4.78 is 8.83. The summed E-state index contributed by atoms with van der Waals surface area (Å²) in [6.07, 6.45) is 2.77. The zero-order valence-corrected chi connectivity index (χ0v) is 10.9. The van der Waals surface area contributed by atoms with Crippen LogP contribution in [0.3, 0.4) is 0 Å². The number of nitrogens with zero attached hydrogens (tertiary/aromatic N) is 5. The van der Waals surface area contributed by atoms with Gasteiger partial charge >= 0.3 is 0 Å². The lowest BCUT2D eigenvalue weighted by Gasteiger charge is -2.01. The van der Waals surface area contributed by atoms with Crippen LogP contribution in [0, 0.1) is 6.92 Å². The lowest BCUT2D eigenvalue weighted by molar-refractivity contribution is 0.374. The van der Waals surface area contributed by atoms with Crippen molar-refractivity contribution in [1.29, 1.82) is 0 Å². The van der Waals surface area contributed by atoms with Crippen molar-refractivity contribution in [2.24, 2.45) is 12.8 Å². The second-order valence-corrected chi connectivity index (χ2v) is 4.10. The zero-order chi connectivity index (χ0) is 13.1. The highest BCUT2D eigenvalue weighted by Gasteiger charge is 2.18. The Balaban J connectivity index is 2.33. The number of hydrogen-bond donors (Lipinski definition) is 1. The Morgan fingerprint density at radius 2 is 2.22 bits per heavy atom. The molecule has 0 saturated heterocycles. The van der Waals surface area contributed by atoms with Gasteiger partial charge in [-0.1, -0.05) is 5.21 Å². The minimum absolute atomic E-state index is 0.643. The average Bonchev–Trinajstić information content (AvgIpc) is 2.90. The summed E-state index contributed by atoms with van der Waals surface area (Å²) in [5.74, 6) is 0.693. The Labute approximate surface area is 106 Å². The van der Waals surface area contributed by atoms with Crippen LogP contribution in [0.15, 0.2) is 6.20 Å². The van der Waals surface area contributed by atoms with Crippen molar-refractivity contribution < 1.29 is 4.74 Å². The van der Waals surface area contributed by atoms with Crippen LogP contribution in [0.5, 0.6) is 5.88 Å². The summed E-state index contributed by atoms with van der Waals surface area (Å²) in [6, 6.07) is 0. The first-order chi connectivity index (χ1) is 8.67. The van der Waals surface area contributed by atoms with Gasteiger partial charge in [-0.05, 0) is 19.9 Å². The third-order valence-electron chi connectivity index (χ3n) is 2.75. The van der Waals surface area contributed by atoms with E-state index in [9.17, 15) is 0 Å². The number of nitrogens with two attached hydrogens (primary N) is 1. The minimum Gasteiger partial charge on any atom is -0.481 e. The summed E-state index contributed by atoms with van der Waals surface area (Å²) in [4.78, 5) is 0. The molecule has 0 atom stereocenters. The van der Waals surface area contributed by atoms with Crippen molar-refractivity contribution in [1.82, 2.24) is 24.8 Å². The highest BCUT2D eigenvalue weighted by molar-refractivity contribution is 5.67. The average molecular weight is 250 g/mol. The fourth-order valence-electron chi connectivity index (χ4n) is 1.94. The largest absolute Gasteiger partial charge is 0.481 e. The molecule has 7 heteroatoms. The molecule has 0 fully saturated rings. The molecule has 0 spiro atoms. The van der Waals surface area contributed by atoms with E-state index in [-0.39, 0.29) is 0 Å². The number of aryl methyl sites for hydroxylation is 3. The first-order valence-corrected chi connectivity index (χ1v) is 5.85. The van der Waals surface area contributed by atoms with Gasteiger partial charge in [-0.25, -0.2) is 4.68 Å². The van der Waals surface area contributed by atoms with Gasteiger partial charge in [0.25, 0.3) is 0 Å². The third kappa shape index (κ3) is 2.21. The van der Waals surface area contributed by atoms with Crippen LogP contribution in [0.2, 0.25) is 0 Å². The number of methoxy groups -OCH3 is 1. The summed E-state index contributed by atoms with van der Waals surface area (Å²) >= 11 is 0. The molecule has 0 bridgehead atoms. The topological polar surface area (TPSA) is 83.8 Å². The maximum Gasteiger partial charge on any atom is 0.221 e. The van der Waals surface area contributed by atoms with Gasteiger partial charge in [-0.2, -0.15) is 5.10 Å². The molecule has 98 valence electrons. The Bertz CT molecular complexity index is 530. The van der Waals surface area contributed by atoms with Gasteiger partial charge in [-0.3, -0.25) is 4.68 Å². The van der Waals surface area contributed by atoms with Crippen LogP contribution in [0.1, 0.15) is 12.1 Å². The Hall–Kier alpha value is -1.89. The second-order valence-electron chi connectivity index (χ2n) is 4.10. The van der Waals surface area contributed by atoms with Crippen molar-refractivity contribution >= 4 is 0 Å². The van der Waals surface area contributed by atoms with E-state index < -0.39 is 0 Å². The third-order valence-corrected chi connectivity index (χ3v) is 2.75. The van der Waals surface area contributed by atoms with Gasteiger partial charge in [0.2, 0.25) is 5.88 Å². The number of ether oxygens (including phenoxy) is 1. The van der Waals surface area contributed by atoms with E-state index in [0.717, 1.165) is 29.9 Å². The first kappa shape index (κ1) is 12.6. The van der Waals surface area contributed by atoms with Crippen molar-refractivity contribution in [2.45, 2.75) is 19.9 Å². The van der Waals surface area contributed by atoms with E-state index in [1.54, 1.807) is 16.5 Å². The predicted molar refractivity (Wildman–Crippen MR) is 67.2 cm³/mol. The summed E-state index contributed by atoms with van der Waals surface area (Å²) in [5, 5.41) is 12.6. The number of aromatic nitrogens is 5. The molecule has 18 heavy (non-hydrogen) atoms. The van der Waals surface area contributed by atoms with Crippen molar-refractivity contribution in [3.8, 4) is 17.1 Å². The molecule has 2 aromatic rings. The van der Waals surface area contributed by atoms with Crippen molar-refractivity contribution in [3.63, 3.8) is 0 Å². The molecular weight excluding hydrogens is 232 g/mol. The quantitative estimate of drug-likeness (QED) is 0.827. The molecule has 0 radical (unpaired) electrons. The lowest BCUT2D eigenvalue weighted by Crippen LogP contribution is -2.06. The van der Waals surface area contributed by atoms with Crippen molar-refractivity contribution in [2.75, 3.05) is 13.7 Å². The van der Waals surface area contributed by atoms with E-state index in [1.165, 1.54) is 0 Å². The lowest BCUT2D eigenvalue weighted by atomic mass is 10.2. The number of hydrogen-bond acceptors (Lipinski definition) is 5. The molecule has 2 N–H and O–H groups in total. The molecule has 0 aliphatic carbocycles. The van der Waals surface area contributed by atoms with Gasteiger partial charge < -0.3 is 10.5 Å². The molecule has 7 nitrogen and oxygen atoms in total. The summed E-state index contributed by atoms with van der Waals surface area (Å²) in [7, 11) is 3.47. The minimum atomic E-state index is 0.643. The van der Waals surface area contributed by atoms with Crippen LogP contribution < -0.4 is 10.5 Å². The maximum atomic E-state index is 5.47. The van der Waals surface area contributed by atoms with Gasteiger partial charge in [-0.15, -0.1) is 5.10 Å². The fraction of sp³-hybridized carbons (Fsp3) is 0.545. The molecule has 0 aromatic carbocycles. The molecule has 0 amide bonds. The van der Waals surface area contributed by atoms with Crippen LogP contribution in [0.25, 0.3) is 11.3 Å². The molecule has 2 rings (SSSR count). The van der Waals surface area contributed by atoms with Crippen molar-refractivity contribution in [3.05, 3.63) is 11.9 Å². The van der Waals surface area contributed by atoms with E-state index in [0.29, 0.717) is 12.4 Å². The molecule has 0 aliphatic heterocycles. The van der Waals surface area contributed by atoms with E-state index in [1.807, 2.05) is 20.2 Å². The van der Waals surface area contributed by atoms with Crippen LogP contribution in [-0.4, -0.2) is 38.4 Å². The van der Waals surface area contributed by atoms with Crippen LogP contribution in [0.4, 0.5) is 0 Å². The Kier molecular flexibility index (Phi) is 3.61. The molecular formula is C11H18N6O. The zero-order valence-electron chi connectivity index (χ0n) is 10.9. The van der Waals surface area contributed by atoms with E-state index in [2.05, 4.69) is 15.4 Å². The van der Waals surface area contributed by atoms with Gasteiger partial charge in [0.05, 0.1) is 24.6 Å². The van der Waals surface area contributed by atoms with Crippen LogP contribution >= 0.6 is 0 Å². The maximum absolute atomic E-state index is 5.47. The molecule has 0 saturated carbocycles. The monoisotopic (exact) mass is 250 g/mol. The second kappa shape index (κ2) is 5.18. The highest BCUT2D eigenvalue weighted by atomic mass is 16.5. The molecule has 0 unspecified atom stereocenters.